The lowest BCUT2D eigenvalue weighted by Crippen LogP contribution is -1.94. The van der Waals surface area contributed by atoms with E-state index in [0.717, 1.165) is 6.04 Å². The maximum Gasteiger partial charge on any atom is 0.0556 e. The standard InChI is InChI=1S/C7H9Si/c1-4-5-6-7-8(2)3/h1H,7H2,2-3H3. The molecule has 0 spiro atoms. The molecule has 0 aliphatic heterocycles. The molecule has 0 N–H and O–H groups in total. The summed E-state index contributed by atoms with van der Waals surface area (Å²) in [4.78, 5) is 0. The summed E-state index contributed by atoms with van der Waals surface area (Å²) in [6.45, 7) is 4.44. The summed E-state index contributed by atoms with van der Waals surface area (Å²) in [6, 6.07) is 1.01. The number of terminal acetylenes is 1. The molecule has 0 aromatic carbocycles. The van der Waals surface area contributed by atoms with Crippen molar-refractivity contribution in [3.63, 3.8) is 0 Å². The summed E-state index contributed by atoms with van der Waals surface area (Å²) in [6.07, 6.45) is 4.90. The van der Waals surface area contributed by atoms with Crippen molar-refractivity contribution in [1.82, 2.24) is 0 Å². The van der Waals surface area contributed by atoms with Crippen molar-refractivity contribution in [3.05, 3.63) is 0 Å². The highest BCUT2D eigenvalue weighted by molar-refractivity contribution is 6.56. The Morgan fingerprint density at radius 1 is 1.50 bits per heavy atom. The van der Waals surface area contributed by atoms with Gasteiger partial charge < -0.3 is 0 Å². The van der Waals surface area contributed by atoms with Gasteiger partial charge in [0.25, 0.3) is 0 Å². The van der Waals surface area contributed by atoms with Gasteiger partial charge in [-0.3, -0.25) is 0 Å². The molecule has 0 aliphatic carbocycles. The second kappa shape index (κ2) is 4.49. The van der Waals surface area contributed by atoms with Crippen LogP contribution in [0.3, 0.4) is 0 Å². The van der Waals surface area contributed by atoms with Crippen LogP contribution in [0.1, 0.15) is 0 Å². The van der Waals surface area contributed by atoms with Gasteiger partial charge in [0.05, 0.1) is 8.80 Å². The summed E-state index contributed by atoms with van der Waals surface area (Å²) in [7, 11) is -0.176. The average molecular weight is 121 g/mol. The molecule has 0 nitrogen and oxygen atoms in total. The van der Waals surface area contributed by atoms with Gasteiger partial charge in [-0.15, -0.1) is 6.42 Å². The smallest absolute Gasteiger partial charge is 0.0556 e. The molecule has 0 bridgehead atoms. The van der Waals surface area contributed by atoms with Gasteiger partial charge in [-0.2, -0.15) is 0 Å². The molecular formula is C7H9Si. The van der Waals surface area contributed by atoms with E-state index in [9.17, 15) is 0 Å². The molecule has 0 aromatic rings. The minimum absolute atomic E-state index is 0.176. The van der Waals surface area contributed by atoms with Crippen molar-refractivity contribution in [2.45, 2.75) is 19.1 Å². The number of rotatable bonds is 1. The second-order valence-electron chi connectivity index (χ2n) is 1.83. The lowest BCUT2D eigenvalue weighted by atomic mass is 10.6. The molecule has 0 fully saturated rings. The highest BCUT2D eigenvalue weighted by atomic mass is 28.3. The zero-order valence-electron chi connectivity index (χ0n) is 5.28. The average Bonchev–Trinajstić information content (AvgIpc) is 1.66. The molecule has 1 radical (unpaired) electrons. The minimum Gasteiger partial charge on any atom is -0.106 e. The lowest BCUT2D eigenvalue weighted by Gasteiger charge is -1.87. The minimum atomic E-state index is -0.176. The summed E-state index contributed by atoms with van der Waals surface area (Å²) >= 11 is 0. The molecule has 0 rings (SSSR count). The topological polar surface area (TPSA) is 0 Å². The molecule has 0 heterocycles. The van der Waals surface area contributed by atoms with E-state index >= 15 is 0 Å². The monoisotopic (exact) mass is 121 g/mol. The van der Waals surface area contributed by atoms with Gasteiger partial charge in [-0.25, -0.2) is 0 Å². The van der Waals surface area contributed by atoms with Gasteiger partial charge in [-0.1, -0.05) is 19.0 Å². The normalized spacial score (nSPS) is 7.25. The van der Waals surface area contributed by atoms with E-state index in [-0.39, 0.29) is 8.80 Å². The first-order chi connectivity index (χ1) is 3.77. The third-order valence-electron chi connectivity index (χ3n) is 0.602. The van der Waals surface area contributed by atoms with Crippen LogP contribution in [-0.2, 0) is 0 Å². The van der Waals surface area contributed by atoms with Crippen LogP contribution < -0.4 is 0 Å². The molecule has 8 heavy (non-hydrogen) atoms. The third-order valence-corrected chi connectivity index (χ3v) is 1.49. The summed E-state index contributed by atoms with van der Waals surface area (Å²) in [5, 5.41) is 0. The van der Waals surface area contributed by atoms with Crippen LogP contribution in [0.25, 0.3) is 0 Å². The largest absolute Gasteiger partial charge is 0.106 e. The Morgan fingerprint density at radius 3 is 2.50 bits per heavy atom. The Labute approximate surface area is 52.9 Å². The fraction of sp³-hybridized carbons (Fsp3) is 0.429. The van der Waals surface area contributed by atoms with Crippen LogP contribution in [0.4, 0.5) is 0 Å². The van der Waals surface area contributed by atoms with Gasteiger partial charge in [-0.05, 0) is 11.8 Å². The Morgan fingerprint density at radius 2 is 2.12 bits per heavy atom. The van der Waals surface area contributed by atoms with Crippen molar-refractivity contribution in [2.24, 2.45) is 0 Å². The van der Waals surface area contributed by atoms with Gasteiger partial charge in [0.15, 0.2) is 0 Å². The Bertz CT molecular complexity index is 140. The number of hydrogen-bond donors (Lipinski definition) is 0. The van der Waals surface area contributed by atoms with E-state index in [1.54, 1.807) is 0 Å². The Balaban J connectivity index is 3.33. The van der Waals surface area contributed by atoms with Gasteiger partial charge in [0.2, 0.25) is 0 Å². The molecule has 41 valence electrons. The maximum atomic E-state index is 4.90. The van der Waals surface area contributed by atoms with E-state index in [0.29, 0.717) is 0 Å². The molecular weight excluding hydrogens is 112 g/mol. The summed E-state index contributed by atoms with van der Waals surface area (Å²) in [5.74, 6) is 7.75. The van der Waals surface area contributed by atoms with E-state index in [2.05, 4.69) is 30.9 Å². The first-order valence-corrected chi connectivity index (χ1v) is 5.20. The highest BCUT2D eigenvalue weighted by Crippen LogP contribution is 1.85. The zero-order chi connectivity index (χ0) is 6.41. The molecule has 0 aliphatic rings. The number of hydrogen-bond acceptors (Lipinski definition) is 0. The zero-order valence-corrected chi connectivity index (χ0v) is 6.28. The Kier molecular flexibility index (Phi) is 4.12. The van der Waals surface area contributed by atoms with Crippen LogP contribution in [0.15, 0.2) is 0 Å². The lowest BCUT2D eigenvalue weighted by molar-refractivity contribution is 1.70. The molecule has 0 atom stereocenters. The van der Waals surface area contributed by atoms with Gasteiger partial charge in [0.1, 0.15) is 0 Å². The van der Waals surface area contributed by atoms with Crippen LogP contribution >= 0.6 is 0 Å². The van der Waals surface area contributed by atoms with Crippen molar-refractivity contribution in [1.29, 1.82) is 0 Å². The Hall–Kier alpha value is -0.663. The van der Waals surface area contributed by atoms with E-state index < -0.39 is 0 Å². The fourth-order valence-electron chi connectivity index (χ4n) is 0.272. The fourth-order valence-corrected chi connectivity index (χ4v) is 0.714. The first kappa shape index (κ1) is 7.34. The van der Waals surface area contributed by atoms with Crippen molar-refractivity contribution in [2.75, 3.05) is 0 Å². The van der Waals surface area contributed by atoms with Gasteiger partial charge >= 0.3 is 0 Å². The highest BCUT2D eigenvalue weighted by Gasteiger charge is 1.87. The molecule has 0 amide bonds. The predicted octanol–water partition coefficient (Wildman–Crippen LogP) is 1.38. The van der Waals surface area contributed by atoms with Crippen molar-refractivity contribution < 1.29 is 0 Å². The van der Waals surface area contributed by atoms with Crippen LogP contribution in [0.2, 0.25) is 19.1 Å². The first-order valence-electron chi connectivity index (χ1n) is 2.50. The SMILES string of the molecule is C#CC#CC[Si](C)C. The molecule has 0 saturated heterocycles. The van der Waals surface area contributed by atoms with Gasteiger partial charge in [0, 0.05) is 6.04 Å². The van der Waals surface area contributed by atoms with Crippen LogP contribution in [0, 0.1) is 24.2 Å². The van der Waals surface area contributed by atoms with E-state index in [1.807, 2.05) is 0 Å². The molecule has 0 aromatic heterocycles. The van der Waals surface area contributed by atoms with Crippen LogP contribution in [-0.4, -0.2) is 8.80 Å². The van der Waals surface area contributed by atoms with Crippen molar-refractivity contribution >= 4 is 8.80 Å². The quantitative estimate of drug-likeness (QED) is 0.363. The summed E-state index contributed by atoms with van der Waals surface area (Å²) in [5.41, 5.74) is 0. The second-order valence-corrected chi connectivity index (χ2v) is 4.60. The summed E-state index contributed by atoms with van der Waals surface area (Å²) < 4.78 is 0. The predicted molar refractivity (Wildman–Crippen MR) is 38.9 cm³/mol. The van der Waals surface area contributed by atoms with Crippen LogP contribution in [0.5, 0.6) is 0 Å². The molecule has 1 heteroatoms. The molecule has 0 unspecified atom stereocenters. The third kappa shape index (κ3) is 5.34. The van der Waals surface area contributed by atoms with Crippen molar-refractivity contribution in [3.8, 4) is 24.2 Å². The van der Waals surface area contributed by atoms with E-state index in [4.69, 9.17) is 6.42 Å². The maximum absolute atomic E-state index is 4.90. The molecule has 0 saturated carbocycles. The van der Waals surface area contributed by atoms with E-state index in [1.165, 1.54) is 0 Å².